The molecule has 5 heteroatoms. The van der Waals surface area contributed by atoms with E-state index in [4.69, 9.17) is 5.73 Å². The Bertz CT molecular complexity index is 370. The van der Waals surface area contributed by atoms with Crippen molar-refractivity contribution in [3.63, 3.8) is 0 Å². The van der Waals surface area contributed by atoms with Gasteiger partial charge in [0.05, 0.1) is 19.3 Å². The molecule has 1 aromatic carbocycles. The van der Waals surface area contributed by atoms with E-state index < -0.39 is 0 Å². The number of nitrogens with two attached hydrogens (primary N) is 1. The topological polar surface area (TPSA) is 69.7 Å². The molecule has 0 saturated carbocycles. The normalized spacial score (nSPS) is 14.6. The summed E-state index contributed by atoms with van der Waals surface area (Å²) in [5.74, 6) is 0. The first kappa shape index (κ1) is 16.6. The Balaban J connectivity index is 3.08. The summed E-state index contributed by atoms with van der Waals surface area (Å²) in [5.41, 5.74) is 7.35. The molecule has 0 aliphatic carbocycles. The number of hydrogen-bond donors (Lipinski definition) is 3. The van der Waals surface area contributed by atoms with E-state index >= 15 is 0 Å². The molecule has 4 nitrogen and oxygen atoms in total. The summed E-state index contributed by atoms with van der Waals surface area (Å²) in [6.45, 7) is 3.15. The summed E-state index contributed by atoms with van der Waals surface area (Å²) >= 11 is 3.56. The van der Waals surface area contributed by atoms with Crippen LogP contribution in [0.25, 0.3) is 0 Å². The molecule has 0 heterocycles. The highest BCUT2D eigenvalue weighted by molar-refractivity contribution is 9.10. The Morgan fingerprint density at radius 2 is 1.79 bits per heavy atom. The lowest BCUT2D eigenvalue weighted by Crippen LogP contribution is -2.43. The van der Waals surface area contributed by atoms with Crippen LogP contribution in [0, 0.1) is 0 Å². The van der Waals surface area contributed by atoms with E-state index in [-0.39, 0.29) is 25.3 Å². The SMILES string of the molecule is CCC(N)C(c1ccccc1Br)N(CCO)CCO. The fourth-order valence-corrected chi connectivity index (χ4v) is 2.80. The first-order chi connectivity index (χ1) is 9.15. The minimum atomic E-state index is -0.0446. The maximum absolute atomic E-state index is 9.21. The van der Waals surface area contributed by atoms with E-state index in [2.05, 4.69) is 15.9 Å². The van der Waals surface area contributed by atoms with Gasteiger partial charge in [-0.05, 0) is 18.1 Å². The maximum atomic E-state index is 9.21. The van der Waals surface area contributed by atoms with Gasteiger partial charge < -0.3 is 15.9 Å². The number of aliphatic hydroxyl groups is 2. The number of rotatable bonds is 8. The average molecular weight is 331 g/mol. The van der Waals surface area contributed by atoms with Crippen LogP contribution in [-0.2, 0) is 0 Å². The lowest BCUT2D eigenvalue weighted by atomic mass is 9.96. The van der Waals surface area contributed by atoms with Crippen molar-refractivity contribution in [2.24, 2.45) is 5.73 Å². The van der Waals surface area contributed by atoms with E-state index in [1.807, 2.05) is 36.1 Å². The third kappa shape index (κ3) is 4.54. The van der Waals surface area contributed by atoms with E-state index in [1.54, 1.807) is 0 Å². The van der Waals surface area contributed by atoms with E-state index in [0.717, 1.165) is 16.5 Å². The van der Waals surface area contributed by atoms with Crippen LogP contribution in [0.15, 0.2) is 28.7 Å². The molecule has 0 radical (unpaired) electrons. The average Bonchev–Trinajstić information content (AvgIpc) is 2.41. The molecule has 0 aliphatic heterocycles. The number of hydrogen-bond acceptors (Lipinski definition) is 4. The quantitative estimate of drug-likeness (QED) is 0.675. The lowest BCUT2D eigenvalue weighted by molar-refractivity contribution is 0.107. The van der Waals surface area contributed by atoms with Gasteiger partial charge in [0, 0.05) is 23.6 Å². The van der Waals surface area contributed by atoms with Crippen LogP contribution in [-0.4, -0.2) is 47.5 Å². The van der Waals surface area contributed by atoms with Crippen LogP contribution < -0.4 is 5.73 Å². The molecular formula is C14H23BrN2O2. The van der Waals surface area contributed by atoms with Crippen molar-refractivity contribution in [2.45, 2.75) is 25.4 Å². The highest BCUT2D eigenvalue weighted by Crippen LogP contribution is 2.30. The molecule has 0 bridgehead atoms. The predicted molar refractivity (Wildman–Crippen MR) is 80.9 cm³/mol. The molecule has 0 fully saturated rings. The summed E-state index contributed by atoms with van der Waals surface area (Å²) in [6.07, 6.45) is 0.833. The molecule has 2 unspecified atom stereocenters. The van der Waals surface area contributed by atoms with Crippen LogP contribution in [0.5, 0.6) is 0 Å². The van der Waals surface area contributed by atoms with E-state index in [0.29, 0.717) is 13.1 Å². The smallest absolute Gasteiger partial charge is 0.0558 e. The van der Waals surface area contributed by atoms with Gasteiger partial charge >= 0.3 is 0 Å². The standard InChI is InChI=1S/C14H23BrN2O2/c1-2-13(16)14(17(7-9-18)8-10-19)11-5-3-4-6-12(11)15/h3-6,13-14,18-19H,2,7-10,16H2,1H3. The summed E-state index contributed by atoms with van der Waals surface area (Å²) in [5, 5.41) is 18.4. The first-order valence-electron chi connectivity index (χ1n) is 6.61. The Morgan fingerprint density at radius 3 is 2.26 bits per heavy atom. The van der Waals surface area contributed by atoms with E-state index in [1.165, 1.54) is 0 Å². The third-order valence-electron chi connectivity index (χ3n) is 3.27. The fourth-order valence-electron chi connectivity index (χ4n) is 2.28. The molecule has 0 amide bonds. The molecular weight excluding hydrogens is 308 g/mol. The molecule has 108 valence electrons. The molecule has 0 saturated heterocycles. The number of benzene rings is 1. The maximum Gasteiger partial charge on any atom is 0.0558 e. The zero-order chi connectivity index (χ0) is 14.3. The highest BCUT2D eigenvalue weighted by Gasteiger charge is 2.26. The summed E-state index contributed by atoms with van der Waals surface area (Å²) in [7, 11) is 0. The number of nitrogens with zero attached hydrogens (tertiary/aromatic N) is 1. The van der Waals surface area contributed by atoms with Gasteiger partial charge in [-0.2, -0.15) is 0 Å². The molecule has 2 atom stereocenters. The van der Waals surface area contributed by atoms with Crippen LogP contribution >= 0.6 is 15.9 Å². The van der Waals surface area contributed by atoms with Crippen molar-refractivity contribution >= 4 is 15.9 Å². The molecule has 19 heavy (non-hydrogen) atoms. The van der Waals surface area contributed by atoms with Gasteiger partial charge in [-0.1, -0.05) is 41.1 Å². The minimum absolute atomic E-state index is 0.0140. The fraction of sp³-hybridized carbons (Fsp3) is 0.571. The Morgan fingerprint density at radius 1 is 1.21 bits per heavy atom. The van der Waals surface area contributed by atoms with Crippen LogP contribution in [0.2, 0.25) is 0 Å². The minimum Gasteiger partial charge on any atom is -0.395 e. The Labute approximate surface area is 123 Å². The predicted octanol–water partition coefficient (Wildman–Crippen LogP) is 1.51. The van der Waals surface area contributed by atoms with Crippen molar-refractivity contribution in [1.29, 1.82) is 0 Å². The van der Waals surface area contributed by atoms with Gasteiger partial charge in [0.2, 0.25) is 0 Å². The van der Waals surface area contributed by atoms with Gasteiger partial charge in [0.1, 0.15) is 0 Å². The van der Waals surface area contributed by atoms with Crippen molar-refractivity contribution in [1.82, 2.24) is 4.90 Å². The van der Waals surface area contributed by atoms with E-state index in [9.17, 15) is 10.2 Å². The zero-order valence-electron chi connectivity index (χ0n) is 11.3. The van der Waals surface area contributed by atoms with Crippen molar-refractivity contribution < 1.29 is 10.2 Å². The van der Waals surface area contributed by atoms with Gasteiger partial charge in [0.25, 0.3) is 0 Å². The van der Waals surface area contributed by atoms with Gasteiger partial charge in [-0.25, -0.2) is 0 Å². The van der Waals surface area contributed by atoms with Crippen molar-refractivity contribution in [3.8, 4) is 0 Å². The van der Waals surface area contributed by atoms with Gasteiger partial charge in [0.15, 0.2) is 0 Å². The molecule has 1 aromatic rings. The second-order valence-electron chi connectivity index (χ2n) is 4.52. The Kier molecular flexibility index (Phi) is 7.56. The molecule has 1 rings (SSSR count). The first-order valence-corrected chi connectivity index (χ1v) is 7.40. The van der Waals surface area contributed by atoms with Crippen LogP contribution in [0.4, 0.5) is 0 Å². The second kappa shape index (κ2) is 8.66. The third-order valence-corrected chi connectivity index (χ3v) is 3.99. The van der Waals surface area contributed by atoms with Crippen molar-refractivity contribution in [3.05, 3.63) is 34.3 Å². The molecule has 0 aromatic heterocycles. The molecule has 0 spiro atoms. The van der Waals surface area contributed by atoms with Gasteiger partial charge in [-0.3, -0.25) is 4.90 Å². The number of halogens is 1. The second-order valence-corrected chi connectivity index (χ2v) is 5.38. The summed E-state index contributed by atoms with van der Waals surface area (Å²) < 4.78 is 1.00. The highest BCUT2D eigenvalue weighted by atomic mass is 79.9. The number of aliphatic hydroxyl groups excluding tert-OH is 2. The molecule has 4 N–H and O–H groups in total. The monoisotopic (exact) mass is 330 g/mol. The zero-order valence-corrected chi connectivity index (χ0v) is 12.9. The molecule has 0 aliphatic rings. The summed E-state index contributed by atoms with van der Waals surface area (Å²) in [4.78, 5) is 2.04. The van der Waals surface area contributed by atoms with Gasteiger partial charge in [-0.15, -0.1) is 0 Å². The summed E-state index contributed by atoms with van der Waals surface area (Å²) in [6, 6.07) is 7.90. The van der Waals surface area contributed by atoms with Crippen LogP contribution in [0.3, 0.4) is 0 Å². The largest absolute Gasteiger partial charge is 0.395 e. The van der Waals surface area contributed by atoms with Crippen LogP contribution in [0.1, 0.15) is 24.9 Å². The van der Waals surface area contributed by atoms with Crippen molar-refractivity contribution in [2.75, 3.05) is 26.3 Å². The Hall–Kier alpha value is -0.460. The lowest BCUT2D eigenvalue weighted by Gasteiger charge is -2.35.